The highest BCUT2D eigenvalue weighted by Gasteiger charge is 2.45. The topological polar surface area (TPSA) is 93.3 Å². The Balaban J connectivity index is 1.84. The van der Waals surface area contributed by atoms with Gasteiger partial charge >= 0.3 is 0 Å². The molecule has 2 aromatic heterocycles. The van der Waals surface area contributed by atoms with E-state index in [1.807, 2.05) is 30.3 Å². The van der Waals surface area contributed by atoms with Crippen LogP contribution in [0, 0.1) is 0 Å². The van der Waals surface area contributed by atoms with Crippen molar-refractivity contribution >= 4 is 22.8 Å². The van der Waals surface area contributed by atoms with Gasteiger partial charge in [-0.3, -0.25) is 4.57 Å². The molecule has 0 spiro atoms. The van der Waals surface area contributed by atoms with E-state index in [9.17, 15) is 14.6 Å². The molecule has 0 aliphatic carbocycles. The lowest BCUT2D eigenvalue weighted by molar-refractivity contribution is -0.0495. The highest BCUT2D eigenvalue weighted by atomic mass is 35.5. The Bertz CT molecular complexity index is 907. The fourth-order valence-electron chi connectivity index (χ4n) is 2.96. The average molecular weight is 365 g/mol. The zero-order chi connectivity index (χ0) is 17.6. The van der Waals surface area contributed by atoms with Crippen LogP contribution < -0.4 is 0 Å². The minimum Gasteiger partial charge on any atom is -0.394 e. The number of halogens is 2. The second-order valence-electron chi connectivity index (χ2n) is 5.71. The standard InChI is InChI=1S/C16H14ClFN4O3/c17-16-20-11(8-4-2-1-3-5-8)12-14(21-16)22(7-19-12)15-13(24)10(18)9(6-23)25-15/h1-5,7,9-10,13,15,23-24H,6H2/t9-,10-,13-,15-/m1/s1. The Kier molecular flexibility index (Phi) is 4.12. The fourth-order valence-corrected chi connectivity index (χ4v) is 3.12. The van der Waals surface area contributed by atoms with Crippen LogP contribution >= 0.6 is 11.6 Å². The van der Waals surface area contributed by atoms with Crippen LogP contribution in [-0.2, 0) is 4.74 Å². The fraction of sp³-hybridized carbons (Fsp3) is 0.312. The van der Waals surface area contributed by atoms with E-state index in [4.69, 9.17) is 16.3 Å². The van der Waals surface area contributed by atoms with Gasteiger partial charge in [0, 0.05) is 5.56 Å². The van der Waals surface area contributed by atoms with Gasteiger partial charge in [-0.25, -0.2) is 14.4 Å². The molecule has 3 heterocycles. The molecule has 1 aliphatic rings. The number of benzene rings is 1. The van der Waals surface area contributed by atoms with Gasteiger partial charge < -0.3 is 14.9 Å². The molecule has 2 N–H and O–H groups in total. The molecule has 9 heteroatoms. The van der Waals surface area contributed by atoms with Crippen molar-refractivity contribution in [2.24, 2.45) is 0 Å². The zero-order valence-corrected chi connectivity index (χ0v) is 13.6. The molecule has 3 aromatic rings. The van der Waals surface area contributed by atoms with Crippen LogP contribution in [0.15, 0.2) is 36.7 Å². The first-order chi connectivity index (χ1) is 12.1. The number of aliphatic hydroxyl groups is 2. The number of alkyl halides is 1. The van der Waals surface area contributed by atoms with Crippen molar-refractivity contribution < 1.29 is 19.3 Å². The van der Waals surface area contributed by atoms with Gasteiger partial charge in [-0.1, -0.05) is 30.3 Å². The van der Waals surface area contributed by atoms with Gasteiger partial charge in [0.25, 0.3) is 0 Å². The van der Waals surface area contributed by atoms with Gasteiger partial charge in [0.2, 0.25) is 5.28 Å². The molecule has 0 unspecified atom stereocenters. The Labute approximate surface area is 146 Å². The molecular formula is C16H14ClFN4O3. The first kappa shape index (κ1) is 16.3. The number of aliphatic hydroxyl groups excluding tert-OH is 2. The maximum Gasteiger partial charge on any atom is 0.225 e. The molecule has 25 heavy (non-hydrogen) atoms. The summed E-state index contributed by atoms with van der Waals surface area (Å²) < 4.78 is 20.8. The number of nitrogens with zero attached hydrogens (tertiary/aromatic N) is 4. The van der Waals surface area contributed by atoms with Crippen LogP contribution in [0.5, 0.6) is 0 Å². The molecule has 0 bridgehead atoms. The Morgan fingerprint density at radius 1 is 1.24 bits per heavy atom. The first-order valence-corrected chi connectivity index (χ1v) is 8.02. The molecule has 1 aliphatic heterocycles. The van der Waals surface area contributed by atoms with Gasteiger partial charge in [-0.15, -0.1) is 0 Å². The molecule has 0 amide bonds. The highest BCUT2D eigenvalue weighted by molar-refractivity contribution is 6.28. The molecule has 130 valence electrons. The lowest BCUT2D eigenvalue weighted by Crippen LogP contribution is -2.29. The van der Waals surface area contributed by atoms with E-state index in [-0.39, 0.29) is 5.28 Å². The molecule has 0 saturated carbocycles. The smallest absolute Gasteiger partial charge is 0.225 e. The van der Waals surface area contributed by atoms with Crippen LogP contribution in [0.3, 0.4) is 0 Å². The van der Waals surface area contributed by atoms with Crippen molar-refractivity contribution in [3.8, 4) is 11.3 Å². The number of hydrogen-bond donors (Lipinski definition) is 2. The summed E-state index contributed by atoms with van der Waals surface area (Å²) in [5.74, 6) is 0. The van der Waals surface area contributed by atoms with Crippen LogP contribution in [0.1, 0.15) is 6.23 Å². The van der Waals surface area contributed by atoms with Gasteiger partial charge in [-0.2, -0.15) is 4.98 Å². The highest BCUT2D eigenvalue weighted by Crippen LogP contribution is 2.34. The predicted molar refractivity (Wildman–Crippen MR) is 87.7 cm³/mol. The number of ether oxygens (including phenoxy) is 1. The largest absolute Gasteiger partial charge is 0.394 e. The number of fused-ring (bicyclic) bond motifs is 1. The second kappa shape index (κ2) is 6.30. The number of aromatic nitrogens is 4. The Hall–Kier alpha value is -2.13. The molecule has 4 rings (SSSR count). The molecule has 4 atom stereocenters. The number of imidazole rings is 1. The van der Waals surface area contributed by atoms with Gasteiger partial charge in [0.1, 0.15) is 23.4 Å². The monoisotopic (exact) mass is 364 g/mol. The van der Waals surface area contributed by atoms with Crippen LogP contribution in [0.2, 0.25) is 5.28 Å². The SMILES string of the molecule is OC[C@H]1O[C@@H](n2cnc3c(-c4ccccc4)nc(Cl)nc32)[C@H](O)[C@@H]1F. The summed E-state index contributed by atoms with van der Waals surface area (Å²) >= 11 is 6.05. The van der Waals surface area contributed by atoms with Gasteiger partial charge in [-0.05, 0) is 11.6 Å². The molecule has 1 saturated heterocycles. The van der Waals surface area contributed by atoms with E-state index in [1.54, 1.807) is 0 Å². The molecular weight excluding hydrogens is 351 g/mol. The van der Waals surface area contributed by atoms with Crippen molar-refractivity contribution in [3.05, 3.63) is 41.9 Å². The van der Waals surface area contributed by atoms with E-state index in [0.717, 1.165) is 5.56 Å². The van der Waals surface area contributed by atoms with Crippen LogP contribution in [-0.4, -0.2) is 54.7 Å². The summed E-state index contributed by atoms with van der Waals surface area (Å²) in [4.78, 5) is 12.7. The van der Waals surface area contributed by atoms with E-state index in [2.05, 4.69) is 15.0 Å². The quantitative estimate of drug-likeness (QED) is 0.688. The maximum atomic E-state index is 14.0. The number of hydrogen-bond acceptors (Lipinski definition) is 6. The molecule has 1 fully saturated rings. The molecule has 0 radical (unpaired) electrons. The zero-order valence-electron chi connectivity index (χ0n) is 12.8. The molecule has 1 aromatic carbocycles. The van der Waals surface area contributed by atoms with Gasteiger partial charge in [0.05, 0.1) is 12.9 Å². The van der Waals surface area contributed by atoms with Crippen molar-refractivity contribution in [1.82, 2.24) is 19.5 Å². The van der Waals surface area contributed by atoms with Crippen molar-refractivity contribution in [3.63, 3.8) is 0 Å². The normalized spacial score (nSPS) is 26.4. The maximum absolute atomic E-state index is 14.0. The van der Waals surface area contributed by atoms with E-state index < -0.39 is 31.2 Å². The summed E-state index contributed by atoms with van der Waals surface area (Å²) in [5.41, 5.74) is 2.09. The van der Waals surface area contributed by atoms with Crippen LogP contribution in [0.25, 0.3) is 22.4 Å². The number of rotatable bonds is 3. The summed E-state index contributed by atoms with van der Waals surface area (Å²) in [5, 5.41) is 19.3. The van der Waals surface area contributed by atoms with Crippen molar-refractivity contribution in [1.29, 1.82) is 0 Å². The van der Waals surface area contributed by atoms with E-state index in [1.165, 1.54) is 10.9 Å². The third-order valence-electron chi connectivity index (χ3n) is 4.18. The third kappa shape index (κ3) is 2.67. The summed E-state index contributed by atoms with van der Waals surface area (Å²) in [6, 6.07) is 9.31. The lowest BCUT2D eigenvalue weighted by Gasteiger charge is -2.16. The predicted octanol–water partition coefficient (Wildman–Crippen LogP) is 1.74. The molecule has 7 nitrogen and oxygen atoms in total. The third-order valence-corrected chi connectivity index (χ3v) is 4.35. The van der Waals surface area contributed by atoms with Crippen LogP contribution in [0.4, 0.5) is 4.39 Å². The lowest BCUT2D eigenvalue weighted by atomic mass is 10.1. The summed E-state index contributed by atoms with van der Waals surface area (Å²) in [7, 11) is 0. The Morgan fingerprint density at radius 2 is 2.00 bits per heavy atom. The summed E-state index contributed by atoms with van der Waals surface area (Å²) in [6.45, 7) is -0.535. The summed E-state index contributed by atoms with van der Waals surface area (Å²) in [6.07, 6.45) is -3.94. The van der Waals surface area contributed by atoms with Crippen molar-refractivity contribution in [2.75, 3.05) is 6.61 Å². The van der Waals surface area contributed by atoms with Crippen molar-refractivity contribution in [2.45, 2.75) is 24.6 Å². The Morgan fingerprint density at radius 3 is 2.68 bits per heavy atom. The minimum atomic E-state index is -1.71. The first-order valence-electron chi connectivity index (χ1n) is 7.64. The van der Waals surface area contributed by atoms with Gasteiger partial charge in [0.15, 0.2) is 18.0 Å². The van der Waals surface area contributed by atoms with E-state index >= 15 is 0 Å². The van der Waals surface area contributed by atoms with E-state index in [0.29, 0.717) is 16.9 Å². The second-order valence-corrected chi connectivity index (χ2v) is 6.05. The minimum absolute atomic E-state index is 0.00361. The average Bonchev–Trinajstić information content (AvgIpc) is 3.16.